The Bertz CT molecular complexity index is 1290. The molecule has 0 aromatic heterocycles. The summed E-state index contributed by atoms with van der Waals surface area (Å²) in [6.45, 7) is 4.96. The van der Waals surface area contributed by atoms with Gasteiger partial charge in [0.15, 0.2) is 0 Å². The number of rotatable bonds is 75. The number of amides is 1. The molecule has 0 saturated carbocycles. The fourth-order valence-electron chi connectivity index (χ4n) is 12.8. The standard InChI is InChI=1S/C79H155NO5/c1-3-5-7-9-11-13-15-17-19-20-21-35-38-41-44-47-51-55-59-63-67-71-77(82)76(75-81)80-78(83)72-68-64-60-56-52-48-45-42-39-36-33-31-29-27-25-23-22-24-26-28-30-32-34-37-40-43-46-50-54-58-62-66-70-74-85-79(84)73-69-65-61-57-53-49-18-16-14-12-10-8-6-4-2/h67,71,76-77,81-82H,3-66,68-70,72-75H2,1-2H3,(H,80,83)/b71-67+. The quantitative estimate of drug-likeness (QED) is 0.0320. The molecule has 506 valence electrons. The number of esters is 1. The zero-order valence-electron chi connectivity index (χ0n) is 58.1. The number of nitrogens with one attached hydrogen (secondary N) is 1. The van der Waals surface area contributed by atoms with E-state index in [2.05, 4.69) is 19.2 Å². The first-order chi connectivity index (χ1) is 42.0. The first kappa shape index (κ1) is 83.6. The Morgan fingerprint density at radius 1 is 0.318 bits per heavy atom. The lowest BCUT2D eigenvalue weighted by Gasteiger charge is -2.20. The summed E-state index contributed by atoms with van der Waals surface area (Å²) < 4.78 is 5.50. The average molecular weight is 1200 g/mol. The molecule has 0 spiro atoms. The van der Waals surface area contributed by atoms with E-state index in [0.717, 1.165) is 38.5 Å². The fourth-order valence-corrected chi connectivity index (χ4v) is 12.8. The van der Waals surface area contributed by atoms with E-state index in [9.17, 15) is 19.8 Å². The van der Waals surface area contributed by atoms with Gasteiger partial charge in [-0.3, -0.25) is 9.59 Å². The summed E-state index contributed by atoms with van der Waals surface area (Å²) in [6.07, 6.45) is 94.8. The van der Waals surface area contributed by atoms with Crippen LogP contribution >= 0.6 is 0 Å². The highest BCUT2D eigenvalue weighted by atomic mass is 16.5. The molecule has 0 aliphatic rings. The first-order valence-corrected chi connectivity index (χ1v) is 39.5. The monoisotopic (exact) mass is 1200 g/mol. The van der Waals surface area contributed by atoms with Crippen LogP contribution in [-0.4, -0.2) is 47.4 Å². The van der Waals surface area contributed by atoms with Crippen LogP contribution in [0.4, 0.5) is 0 Å². The van der Waals surface area contributed by atoms with Gasteiger partial charge in [-0.1, -0.05) is 424 Å². The minimum absolute atomic E-state index is 0.0249. The van der Waals surface area contributed by atoms with Crippen molar-refractivity contribution in [2.24, 2.45) is 0 Å². The third-order valence-corrected chi connectivity index (χ3v) is 18.8. The van der Waals surface area contributed by atoms with Crippen molar-refractivity contribution in [1.29, 1.82) is 0 Å². The van der Waals surface area contributed by atoms with Crippen molar-refractivity contribution in [3.8, 4) is 0 Å². The van der Waals surface area contributed by atoms with Gasteiger partial charge in [0, 0.05) is 12.8 Å². The second-order valence-corrected chi connectivity index (χ2v) is 27.4. The normalized spacial score (nSPS) is 12.5. The van der Waals surface area contributed by atoms with Gasteiger partial charge < -0.3 is 20.3 Å². The van der Waals surface area contributed by atoms with Gasteiger partial charge in [0.2, 0.25) is 5.91 Å². The van der Waals surface area contributed by atoms with E-state index in [0.29, 0.717) is 19.4 Å². The highest BCUT2D eigenvalue weighted by Gasteiger charge is 2.18. The van der Waals surface area contributed by atoms with Gasteiger partial charge in [-0.25, -0.2) is 0 Å². The van der Waals surface area contributed by atoms with E-state index >= 15 is 0 Å². The summed E-state index contributed by atoms with van der Waals surface area (Å²) in [7, 11) is 0. The molecule has 2 unspecified atom stereocenters. The summed E-state index contributed by atoms with van der Waals surface area (Å²) in [5.74, 6) is -0.0330. The molecule has 0 aromatic carbocycles. The topological polar surface area (TPSA) is 95.9 Å². The van der Waals surface area contributed by atoms with Crippen molar-refractivity contribution >= 4 is 11.9 Å². The maximum atomic E-state index is 12.5. The summed E-state index contributed by atoms with van der Waals surface area (Å²) in [4.78, 5) is 24.6. The molecule has 0 rings (SSSR count). The molecular formula is C79H155NO5. The maximum Gasteiger partial charge on any atom is 0.305 e. The Morgan fingerprint density at radius 3 is 0.800 bits per heavy atom. The number of hydrogen-bond acceptors (Lipinski definition) is 5. The Hall–Kier alpha value is -1.40. The smallest absolute Gasteiger partial charge is 0.305 e. The van der Waals surface area contributed by atoms with Gasteiger partial charge in [-0.05, 0) is 32.1 Å². The number of allylic oxidation sites excluding steroid dienone is 1. The van der Waals surface area contributed by atoms with E-state index in [-0.39, 0.29) is 18.5 Å². The molecule has 0 radical (unpaired) electrons. The van der Waals surface area contributed by atoms with Crippen LogP contribution in [0, 0.1) is 0 Å². The highest BCUT2D eigenvalue weighted by Crippen LogP contribution is 2.20. The molecule has 0 bridgehead atoms. The number of carbonyl (C=O) groups excluding carboxylic acids is 2. The largest absolute Gasteiger partial charge is 0.466 e. The van der Waals surface area contributed by atoms with E-state index in [1.54, 1.807) is 6.08 Å². The SMILES string of the molecule is CCCCCCCCCCCCCCCCCCCCC/C=C/C(O)C(CO)NC(=O)CCCCCCCCCCCCCCCCCCCCCCCCCCCCCCCCCCCOC(=O)CCCCCCCCCCCCCCCC. The third-order valence-electron chi connectivity index (χ3n) is 18.8. The van der Waals surface area contributed by atoms with Crippen LogP contribution in [0.25, 0.3) is 0 Å². The van der Waals surface area contributed by atoms with Crippen LogP contribution in [-0.2, 0) is 14.3 Å². The minimum atomic E-state index is -0.841. The summed E-state index contributed by atoms with van der Waals surface area (Å²) >= 11 is 0. The van der Waals surface area contributed by atoms with Crippen molar-refractivity contribution in [2.75, 3.05) is 13.2 Å². The number of ether oxygens (including phenoxy) is 1. The van der Waals surface area contributed by atoms with Crippen LogP contribution in [0.1, 0.15) is 457 Å². The number of hydrogen-bond donors (Lipinski definition) is 3. The Morgan fingerprint density at radius 2 is 0.541 bits per heavy atom. The van der Waals surface area contributed by atoms with Crippen LogP contribution in [0.15, 0.2) is 12.2 Å². The van der Waals surface area contributed by atoms with Crippen LogP contribution in [0.3, 0.4) is 0 Å². The zero-order valence-corrected chi connectivity index (χ0v) is 58.1. The van der Waals surface area contributed by atoms with Gasteiger partial charge in [0.05, 0.1) is 25.4 Å². The molecule has 0 saturated heterocycles. The summed E-state index contributed by atoms with van der Waals surface area (Å²) in [5, 5.41) is 23.3. The lowest BCUT2D eigenvalue weighted by molar-refractivity contribution is -0.143. The molecule has 2 atom stereocenters. The molecule has 0 heterocycles. The molecule has 6 heteroatoms. The average Bonchev–Trinajstić information content (AvgIpc) is 3.51. The van der Waals surface area contributed by atoms with E-state index in [1.165, 1.54) is 392 Å². The lowest BCUT2D eigenvalue weighted by atomic mass is 10.0. The van der Waals surface area contributed by atoms with E-state index in [4.69, 9.17) is 4.74 Å². The Balaban J connectivity index is 3.33. The highest BCUT2D eigenvalue weighted by molar-refractivity contribution is 5.76. The number of carbonyl (C=O) groups is 2. The maximum absolute atomic E-state index is 12.5. The van der Waals surface area contributed by atoms with E-state index in [1.807, 2.05) is 6.08 Å². The van der Waals surface area contributed by atoms with Crippen molar-refractivity contribution in [3.05, 3.63) is 12.2 Å². The Kier molecular flexibility index (Phi) is 73.8. The fraction of sp³-hybridized carbons (Fsp3) is 0.949. The molecule has 0 aromatic rings. The van der Waals surface area contributed by atoms with Crippen molar-refractivity contribution in [2.45, 2.75) is 469 Å². The van der Waals surface area contributed by atoms with Crippen LogP contribution in [0.2, 0.25) is 0 Å². The number of aliphatic hydroxyl groups excluding tert-OH is 2. The van der Waals surface area contributed by atoms with Crippen molar-refractivity contribution in [3.63, 3.8) is 0 Å². The molecule has 85 heavy (non-hydrogen) atoms. The van der Waals surface area contributed by atoms with E-state index < -0.39 is 12.1 Å². The molecule has 0 aliphatic carbocycles. The summed E-state index contributed by atoms with van der Waals surface area (Å²) in [6, 6.07) is -0.624. The zero-order chi connectivity index (χ0) is 61.3. The predicted octanol–water partition coefficient (Wildman–Crippen LogP) is 25.9. The van der Waals surface area contributed by atoms with Crippen molar-refractivity contribution in [1.82, 2.24) is 5.32 Å². The van der Waals surface area contributed by atoms with Gasteiger partial charge in [0.1, 0.15) is 0 Å². The molecule has 6 nitrogen and oxygen atoms in total. The predicted molar refractivity (Wildman–Crippen MR) is 375 cm³/mol. The van der Waals surface area contributed by atoms with Gasteiger partial charge >= 0.3 is 5.97 Å². The molecule has 1 amide bonds. The lowest BCUT2D eigenvalue weighted by Crippen LogP contribution is -2.45. The molecule has 3 N–H and O–H groups in total. The number of aliphatic hydroxyl groups is 2. The Labute approximate surface area is 533 Å². The second kappa shape index (κ2) is 75.1. The van der Waals surface area contributed by atoms with Gasteiger partial charge in [0.25, 0.3) is 0 Å². The summed E-state index contributed by atoms with van der Waals surface area (Å²) in [5.41, 5.74) is 0. The van der Waals surface area contributed by atoms with Crippen LogP contribution < -0.4 is 5.32 Å². The molecule has 0 fully saturated rings. The van der Waals surface area contributed by atoms with Gasteiger partial charge in [-0.2, -0.15) is 0 Å². The molecular weight excluding hydrogens is 1040 g/mol. The number of unbranched alkanes of at least 4 members (excludes halogenated alkanes) is 64. The van der Waals surface area contributed by atoms with Crippen molar-refractivity contribution < 1.29 is 24.5 Å². The minimum Gasteiger partial charge on any atom is -0.466 e. The van der Waals surface area contributed by atoms with Crippen LogP contribution in [0.5, 0.6) is 0 Å². The second-order valence-electron chi connectivity index (χ2n) is 27.4. The third kappa shape index (κ3) is 71.6. The first-order valence-electron chi connectivity index (χ1n) is 39.5. The molecule has 0 aliphatic heterocycles. The van der Waals surface area contributed by atoms with Gasteiger partial charge in [-0.15, -0.1) is 0 Å².